The van der Waals surface area contributed by atoms with Gasteiger partial charge in [0.2, 0.25) is 5.95 Å². The molecule has 0 amide bonds. The first-order valence-corrected chi connectivity index (χ1v) is 4.72. The van der Waals surface area contributed by atoms with E-state index in [4.69, 9.17) is 4.74 Å². The summed E-state index contributed by atoms with van der Waals surface area (Å²) in [4.78, 5) is 8.28. The molecule has 1 atom stereocenters. The zero-order valence-corrected chi connectivity index (χ0v) is 8.16. The fraction of sp³-hybridized carbons (Fsp3) is 0.556. The van der Waals surface area contributed by atoms with Crippen LogP contribution in [0.2, 0.25) is 0 Å². The van der Waals surface area contributed by atoms with Gasteiger partial charge in [0.15, 0.2) is 0 Å². The molecule has 1 aromatic heterocycles. The third-order valence-electron chi connectivity index (χ3n) is 2.19. The van der Waals surface area contributed by atoms with Crippen molar-refractivity contribution in [2.75, 3.05) is 32.1 Å². The van der Waals surface area contributed by atoms with Gasteiger partial charge >= 0.3 is 0 Å². The lowest BCUT2D eigenvalue weighted by Crippen LogP contribution is -2.33. The Morgan fingerprint density at radius 3 is 2.86 bits per heavy atom. The van der Waals surface area contributed by atoms with Crippen LogP contribution < -0.4 is 10.6 Å². The summed E-state index contributed by atoms with van der Waals surface area (Å²) >= 11 is 0. The van der Waals surface area contributed by atoms with Crippen molar-refractivity contribution < 1.29 is 4.74 Å². The molecule has 5 heteroatoms. The quantitative estimate of drug-likeness (QED) is 0.703. The first kappa shape index (κ1) is 9.36. The van der Waals surface area contributed by atoms with E-state index < -0.39 is 0 Å². The minimum atomic E-state index is 0.0923. The monoisotopic (exact) mass is 194 g/mol. The van der Waals surface area contributed by atoms with Crippen LogP contribution in [0, 0.1) is 0 Å². The van der Waals surface area contributed by atoms with Gasteiger partial charge in [0.25, 0.3) is 0 Å². The molecule has 0 bridgehead atoms. The smallest absolute Gasteiger partial charge is 0.222 e. The maximum absolute atomic E-state index is 5.57. The van der Waals surface area contributed by atoms with Crippen LogP contribution in [0.3, 0.4) is 0 Å². The average Bonchev–Trinajstić information content (AvgIpc) is 2.30. The summed E-state index contributed by atoms with van der Waals surface area (Å²) < 4.78 is 5.57. The lowest BCUT2D eigenvalue weighted by molar-refractivity contribution is 0.0273. The van der Waals surface area contributed by atoms with E-state index in [1.807, 2.05) is 0 Å². The summed E-state index contributed by atoms with van der Waals surface area (Å²) in [6, 6.07) is 0. The minimum Gasteiger partial charge on any atom is -0.371 e. The highest BCUT2D eigenvalue weighted by Crippen LogP contribution is 2.16. The van der Waals surface area contributed by atoms with Gasteiger partial charge in [0.1, 0.15) is 0 Å². The van der Waals surface area contributed by atoms with Crippen molar-refractivity contribution in [3.05, 3.63) is 18.0 Å². The highest BCUT2D eigenvalue weighted by Gasteiger charge is 2.15. The van der Waals surface area contributed by atoms with E-state index in [1.54, 1.807) is 19.4 Å². The predicted molar refractivity (Wildman–Crippen MR) is 53.1 cm³/mol. The first-order valence-electron chi connectivity index (χ1n) is 4.72. The topological polar surface area (TPSA) is 59.1 Å². The summed E-state index contributed by atoms with van der Waals surface area (Å²) in [5.41, 5.74) is 1.02. The van der Waals surface area contributed by atoms with Crippen LogP contribution in [0.1, 0.15) is 11.7 Å². The Bertz CT molecular complexity index is 281. The van der Waals surface area contributed by atoms with Gasteiger partial charge in [-0.05, 0) is 0 Å². The van der Waals surface area contributed by atoms with Crippen LogP contribution in [0.25, 0.3) is 0 Å². The van der Waals surface area contributed by atoms with Crippen molar-refractivity contribution in [2.24, 2.45) is 0 Å². The minimum absolute atomic E-state index is 0.0923. The Kier molecular flexibility index (Phi) is 2.90. The number of anilines is 1. The summed E-state index contributed by atoms with van der Waals surface area (Å²) in [5, 5.41) is 6.14. The molecule has 1 fully saturated rings. The van der Waals surface area contributed by atoms with Crippen LogP contribution in [0.5, 0.6) is 0 Å². The van der Waals surface area contributed by atoms with E-state index in [9.17, 15) is 0 Å². The maximum atomic E-state index is 5.57. The molecule has 1 unspecified atom stereocenters. The summed E-state index contributed by atoms with van der Waals surface area (Å²) in [6.45, 7) is 2.51. The molecule has 0 aliphatic carbocycles. The number of hydrogen-bond donors (Lipinski definition) is 2. The van der Waals surface area contributed by atoms with E-state index in [1.165, 1.54) is 0 Å². The van der Waals surface area contributed by atoms with Gasteiger partial charge in [-0.2, -0.15) is 0 Å². The number of morpholine rings is 1. The molecule has 2 N–H and O–H groups in total. The van der Waals surface area contributed by atoms with Crippen LogP contribution in [-0.2, 0) is 4.74 Å². The van der Waals surface area contributed by atoms with Crippen molar-refractivity contribution in [1.29, 1.82) is 0 Å². The summed E-state index contributed by atoms with van der Waals surface area (Å²) in [6.07, 6.45) is 3.70. The van der Waals surface area contributed by atoms with Crippen LogP contribution in [-0.4, -0.2) is 36.7 Å². The third-order valence-corrected chi connectivity index (χ3v) is 2.19. The van der Waals surface area contributed by atoms with Gasteiger partial charge in [-0.3, -0.25) is 0 Å². The molecule has 76 valence electrons. The molecule has 1 aliphatic rings. The van der Waals surface area contributed by atoms with Crippen LogP contribution in [0.15, 0.2) is 12.4 Å². The fourth-order valence-electron chi connectivity index (χ4n) is 1.41. The van der Waals surface area contributed by atoms with E-state index >= 15 is 0 Å². The molecule has 1 aliphatic heterocycles. The Labute approximate surface area is 82.9 Å². The van der Waals surface area contributed by atoms with Crippen molar-refractivity contribution in [1.82, 2.24) is 15.3 Å². The zero-order chi connectivity index (χ0) is 9.80. The van der Waals surface area contributed by atoms with E-state index in [2.05, 4.69) is 20.6 Å². The highest BCUT2D eigenvalue weighted by molar-refractivity contribution is 5.24. The molecule has 2 heterocycles. The number of ether oxygens (including phenoxy) is 1. The normalized spacial score (nSPS) is 21.9. The Morgan fingerprint density at radius 2 is 2.29 bits per heavy atom. The molecule has 0 aromatic carbocycles. The van der Waals surface area contributed by atoms with Gasteiger partial charge in [0.05, 0.1) is 12.7 Å². The number of nitrogens with zero attached hydrogens (tertiary/aromatic N) is 2. The van der Waals surface area contributed by atoms with Crippen molar-refractivity contribution in [2.45, 2.75) is 6.10 Å². The standard InChI is InChI=1S/C9H14N4O/c1-10-9-12-4-7(5-13-9)8-6-11-2-3-14-8/h4-5,8,11H,2-3,6H2,1H3,(H,10,12,13). The van der Waals surface area contributed by atoms with Crippen LogP contribution in [0.4, 0.5) is 5.95 Å². The fourth-order valence-corrected chi connectivity index (χ4v) is 1.41. The Balaban J connectivity index is 2.07. The first-order chi connectivity index (χ1) is 6.90. The van der Waals surface area contributed by atoms with Gasteiger partial charge in [-0.25, -0.2) is 9.97 Å². The largest absolute Gasteiger partial charge is 0.371 e. The second-order valence-corrected chi connectivity index (χ2v) is 3.15. The molecular weight excluding hydrogens is 180 g/mol. The molecular formula is C9H14N4O. The SMILES string of the molecule is CNc1ncc(C2CNCCO2)cn1. The molecule has 1 saturated heterocycles. The molecule has 0 saturated carbocycles. The van der Waals surface area contributed by atoms with Gasteiger partial charge in [-0.15, -0.1) is 0 Å². The molecule has 14 heavy (non-hydrogen) atoms. The Morgan fingerprint density at radius 1 is 1.50 bits per heavy atom. The summed E-state index contributed by atoms with van der Waals surface area (Å²) in [7, 11) is 1.80. The van der Waals surface area contributed by atoms with Crippen molar-refractivity contribution in [3.63, 3.8) is 0 Å². The molecule has 1 aromatic rings. The number of hydrogen-bond acceptors (Lipinski definition) is 5. The molecule has 2 rings (SSSR count). The maximum Gasteiger partial charge on any atom is 0.222 e. The van der Waals surface area contributed by atoms with Gasteiger partial charge in [-0.1, -0.05) is 0 Å². The number of rotatable bonds is 2. The molecule has 0 spiro atoms. The van der Waals surface area contributed by atoms with Crippen LogP contribution >= 0.6 is 0 Å². The number of aromatic nitrogens is 2. The predicted octanol–water partition coefficient (Wildman–Crippen LogP) is 0.179. The average molecular weight is 194 g/mol. The summed E-state index contributed by atoms with van der Waals surface area (Å²) in [5.74, 6) is 0.637. The van der Waals surface area contributed by atoms with Gasteiger partial charge in [0, 0.05) is 38.1 Å². The molecule has 5 nitrogen and oxygen atoms in total. The second-order valence-electron chi connectivity index (χ2n) is 3.15. The zero-order valence-electron chi connectivity index (χ0n) is 8.16. The van der Waals surface area contributed by atoms with E-state index in [-0.39, 0.29) is 6.10 Å². The third kappa shape index (κ3) is 2.00. The van der Waals surface area contributed by atoms with Crippen molar-refractivity contribution >= 4 is 5.95 Å². The molecule has 0 radical (unpaired) electrons. The van der Waals surface area contributed by atoms with E-state index in [0.29, 0.717) is 5.95 Å². The van der Waals surface area contributed by atoms with Crippen molar-refractivity contribution in [3.8, 4) is 0 Å². The lowest BCUT2D eigenvalue weighted by Gasteiger charge is -2.23. The van der Waals surface area contributed by atoms with E-state index in [0.717, 1.165) is 25.3 Å². The Hall–Kier alpha value is -1.20. The lowest BCUT2D eigenvalue weighted by atomic mass is 10.2. The second kappa shape index (κ2) is 4.34. The van der Waals surface area contributed by atoms with Gasteiger partial charge < -0.3 is 15.4 Å². The highest BCUT2D eigenvalue weighted by atomic mass is 16.5. The number of nitrogens with one attached hydrogen (secondary N) is 2.